The van der Waals surface area contributed by atoms with Crippen LogP contribution in [0.2, 0.25) is 0 Å². The van der Waals surface area contributed by atoms with E-state index in [-0.39, 0.29) is 30.3 Å². The molecular formula is C16H20O5. The Hall–Kier alpha value is -1.88. The van der Waals surface area contributed by atoms with Gasteiger partial charge in [0.1, 0.15) is 12.2 Å². The molecule has 2 rings (SSSR count). The largest absolute Gasteiger partial charge is 0.469 e. The molecule has 1 aliphatic heterocycles. The first-order valence-electron chi connectivity index (χ1n) is 7.10. The number of carbonyl (C=O) groups is 2. The molecule has 5 heteroatoms. The maximum atomic E-state index is 12.1. The maximum absolute atomic E-state index is 12.1. The third-order valence-corrected chi connectivity index (χ3v) is 3.49. The van der Waals surface area contributed by atoms with Crippen molar-refractivity contribution in [3.05, 3.63) is 35.9 Å². The van der Waals surface area contributed by atoms with Gasteiger partial charge in [0.25, 0.3) is 0 Å². The van der Waals surface area contributed by atoms with Gasteiger partial charge in [-0.2, -0.15) is 0 Å². The van der Waals surface area contributed by atoms with E-state index < -0.39 is 0 Å². The van der Waals surface area contributed by atoms with E-state index in [1.54, 1.807) is 24.3 Å². The first-order valence-corrected chi connectivity index (χ1v) is 7.10. The fourth-order valence-corrected chi connectivity index (χ4v) is 2.21. The topological polar surface area (TPSA) is 65.1 Å². The molecule has 0 radical (unpaired) electrons. The van der Waals surface area contributed by atoms with Gasteiger partial charge in [0.2, 0.25) is 0 Å². The predicted molar refractivity (Wildman–Crippen MR) is 75.8 cm³/mol. The van der Waals surface area contributed by atoms with Gasteiger partial charge in [0.15, 0.2) is 0 Å². The van der Waals surface area contributed by atoms with Crippen LogP contribution in [0.3, 0.4) is 0 Å². The summed E-state index contributed by atoms with van der Waals surface area (Å²) in [6.45, 7) is 1.94. The number of carbonyl (C=O) groups excluding carboxylic acids is 2. The number of hydrogen-bond donors (Lipinski definition) is 0. The third kappa shape index (κ3) is 4.56. The van der Waals surface area contributed by atoms with Gasteiger partial charge >= 0.3 is 11.9 Å². The summed E-state index contributed by atoms with van der Waals surface area (Å²) in [5, 5.41) is 0. The highest BCUT2D eigenvalue weighted by molar-refractivity contribution is 5.89. The molecule has 3 atom stereocenters. The van der Waals surface area contributed by atoms with Gasteiger partial charge in [-0.15, -0.1) is 0 Å². The Morgan fingerprint density at radius 2 is 1.95 bits per heavy atom. The van der Waals surface area contributed by atoms with Gasteiger partial charge in [-0.25, -0.2) is 4.79 Å². The highest BCUT2D eigenvalue weighted by atomic mass is 16.6. The summed E-state index contributed by atoms with van der Waals surface area (Å²) >= 11 is 0. The van der Waals surface area contributed by atoms with Crippen molar-refractivity contribution in [1.29, 1.82) is 0 Å². The molecule has 0 saturated carbocycles. The van der Waals surface area contributed by atoms with Crippen LogP contribution >= 0.6 is 0 Å². The maximum Gasteiger partial charge on any atom is 0.338 e. The van der Waals surface area contributed by atoms with Crippen LogP contribution in [-0.2, 0) is 19.0 Å². The average molecular weight is 292 g/mol. The van der Waals surface area contributed by atoms with Gasteiger partial charge in [0, 0.05) is 6.42 Å². The zero-order valence-electron chi connectivity index (χ0n) is 12.3. The van der Waals surface area contributed by atoms with E-state index in [0.717, 1.165) is 0 Å². The second-order valence-electron chi connectivity index (χ2n) is 5.08. The minimum Gasteiger partial charge on any atom is -0.469 e. The Kier molecular flexibility index (Phi) is 5.33. The molecule has 0 aromatic heterocycles. The lowest BCUT2D eigenvalue weighted by atomic mass is 10.1. The molecule has 0 aliphatic carbocycles. The van der Waals surface area contributed by atoms with Crippen molar-refractivity contribution in [3.63, 3.8) is 0 Å². The summed E-state index contributed by atoms with van der Waals surface area (Å²) in [5.74, 6) is -0.616. The Bertz CT molecular complexity index is 485. The number of benzene rings is 1. The molecule has 114 valence electrons. The first kappa shape index (κ1) is 15.5. The van der Waals surface area contributed by atoms with Crippen molar-refractivity contribution in [1.82, 2.24) is 0 Å². The Morgan fingerprint density at radius 1 is 1.29 bits per heavy atom. The molecule has 0 amide bonds. The standard InChI is InChI=1S/C16H20O5/c1-11-15(20-11)13(9-6-10-14(17)19-2)21-16(18)12-7-4-3-5-8-12/h3-5,7-8,11,13,15H,6,9-10H2,1-2H3. The molecule has 1 heterocycles. The van der Waals surface area contributed by atoms with Gasteiger partial charge < -0.3 is 14.2 Å². The Morgan fingerprint density at radius 3 is 2.52 bits per heavy atom. The lowest BCUT2D eigenvalue weighted by Crippen LogP contribution is -2.25. The molecule has 1 aromatic rings. The van der Waals surface area contributed by atoms with E-state index >= 15 is 0 Å². The summed E-state index contributed by atoms with van der Waals surface area (Å²) in [5.41, 5.74) is 0.517. The molecule has 0 bridgehead atoms. The summed E-state index contributed by atoms with van der Waals surface area (Å²) in [4.78, 5) is 23.2. The summed E-state index contributed by atoms with van der Waals surface area (Å²) in [6, 6.07) is 8.85. The molecule has 21 heavy (non-hydrogen) atoms. The molecule has 5 nitrogen and oxygen atoms in total. The second kappa shape index (κ2) is 7.22. The van der Waals surface area contributed by atoms with Crippen LogP contribution in [0, 0.1) is 0 Å². The normalized spacial score (nSPS) is 21.4. The van der Waals surface area contributed by atoms with E-state index in [1.807, 2.05) is 13.0 Å². The van der Waals surface area contributed by atoms with Crippen LogP contribution in [0.15, 0.2) is 30.3 Å². The van der Waals surface area contributed by atoms with Crippen molar-refractivity contribution in [2.24, 2.45) is 0 Å². The predicted octanol–water partition coefficient (Wildman–Crippen LogP) is 2.34. The molecule has 0 N–H and O–H groups in total. The molecule has 1 aromatic carbocycles. The Labute approximate surface area is 124 Å². The van der Waals surface area contributed by atoms with Crippen molar-refractivity contribution in [2.45, 2.75) is 44.5 Å². The Balaban J connectivity index is 1.88. The zero-order chi connectivity index (χ0) is 15.2. The van der Waals surface area contributed by atoms with Crippen molar-refractivity contribution in [3.8, 4) is 0 Å². The lowest BCUT2D eigenvalue weighted by molar-refractivity contribution is -0.140. The van der Waals surface area contributed by atoms with Crippen LogP contribution in [0.25, 0.3) is 0 Å². The second-order valence-corrected chi connectivity index (χ2v) is 5.08. The first-order chi connectivity index (χ1) is 10.1. The molecule has 1 aliphatic rings. The van der Waals surface area contributed by atoms with Gasteiger partial charge in [0.05, 0.1) is 18.8 Å². The van der Waals surface area contributed by atoms with Crippen LogP contribution < -0.4 is 0 Å². The van der Waals surface area contributed by atoms with E-state index in [0.29, 0.717) is 24.8 Å². The third-order valence-electron chi connectivity index (χ3n) is 3.49. The van der Waals surface area contributed by atoms with Crippen molar-refractivity contribution < 1.29 is 23.8 Å². The SMILES string of the molecule is COC(=O)CCCC(OC(=O)c1ccccc1)C1OC1C. The highest BCUT2D eigenvalue weighted by Gasteiger charge is 2.43. The number of methoxy groups -OCH3 is 1. The lowest BCUT2D eigenvalue weighted by Gasteiger charge is -2.16. The van der Waals surface area contributed by atoms with E-state index in [1.165, 1.54) is 7.11 Å². The van der Waals surface area contributed by atoms with E-state index in [4.69, 9.17) is 9.47 Å². The molecule has 0 spiro atoms. The fourth-order valence-electron chi connectivity index (χ4n) is 2.21. The fraction of sp³-hybridized carbons (Fsp3) is 0.500. The quantitative estimate of drug-likeness (QED) is 0.570. The monoisotopic (exact) mass is 292 g/mol. The number of hydrogen-bond acceptors (Lipinski definition) is 5. The van der Waals surface area contributed by atoms with Crippen molar-refractivity contribution >= 4 is 11.9 Å². The minimum absolute atomic E-state index is 0.0738. The van der Waals surface area contributed by atoms with Crippen LogP contribution in [0.5, 0.6) is 0 Å². The summed E-state index contributed by atoms with van der Waals surface area (Å²) in [7, 11) is 1.36. The minimum atomic E-state index is -0.360. The van der Waals surface area contributed by atoms with Crippen LogP contribution in [0.4, 0.5) is 0 Å². The van der Waals surface area contributed by atoms with Crippen LogP contribution in [0.1, 0.15) is 36.5 Å². The molecular weight excluding hydrogens is 272 g/mol. The number of epoxide rings is 1. The van der Waals surface area contributed by atoms with E-state index in [9.17, 15) is 9.59 Å². The molecule has 1 saturated heterocycles. The zero-order valence-corrected chi connectivity index (χ0v) is 12.3. The smallest absolute Gasteiger partial charge is 0.338 e. The molecule has 3 unspecified atom stereocenters. The average Bonchev–Trinajstić information content (AvgIpc) is 3.23. The summed E-state index contributed by atoms with van der Waals surface area (Å²) < 4.78 is 15.5. The van der Waals surface area contributed by atoms with Gasteiger partial charge in [-0.05, 0) is 31.9 Å². The highest BCUT2D eigenvalue weighted by Crippen LogP contribution is 2.30. The number of esters is 2. The van der Waals surface area contributed by atoms with Gasteiger partial charge in [-0.1, -0.05) is 18.2 Å². The number of rotatable bonds is 7. The van der Waals surface area contributed by atoms with Gasteiger partial charge in [-0.3, -0.25) is 4.79 Å². The molecule has 1 fully saturated rings. The van der Waals surface area contributed by atoms with Crippen LogP contribution in [-0.4, -0.2) is 37.4 Å². The number of ether oxygens (including phenoxy) is 3. The van der Waals surface area contributed by atoms with E-state index in [2.05, 4.69) is 4.74 Å². The summed E-state index contributed by atoms with van der Waals surface area (Å²) in [6.07, 6.45) is 1.20. The van der Waals surface area contributed by atoms with Crippen molar-refractivity contribution in [2.75, 3.05) is 7.11 Å².